The van der Waals surface area contributed by atoms with Gasteiger partial charge in [-0.05, 0) is 36.1 Å². The summed E-state index contributed by atoms with van der Waals surface area (Å²) in [7, 11) is -3.69. The number of rotatable bonds is 7. The van der Waals surface area contributed by atoms with Gasteiger partial charge in [0, 0.05) is 30.2 Å². The lowest BCUT2D eigenvalue weighted by molar-refractivity contribution is 0.0955. The van der Waals surface area contributed by atoms with Crippen LogP contribution in [0.3, 0.4) is 0 Å². The summed E-state index contributed by atoms with van der Waals surface area (Å²) < 4.78 is 24.7. The number of nitrogens with two attached hydrogens (primary N) is 1. The number of hydrogen-bond donors (Lipinski definition) is 2. The molecule has 3 aromatic rings. The molecule has 1 heterocycles. The molecule has 1 aromatic heterocycles. The lowest BCUT2D eigenvalue weighted by atomic mass is 10.1. The molecule has 148 valence electrons. The number of benzene rings is 2. The molecule has 0 spiro atoms. The van der Waals surface area contributed by atoms with E-state index in [-0.39, 0.29) is 10.8 Å². The molecule has 0 fully saturated rings. The summed E-state index contributed by atoms with van der Waals surface area (Å²) in [6.45, 7) is 5.60. The Bertz CT molecular complexity index is 1080. The van der Waals surface area contributed by atoms with Gasteiger partial charge in [0.25, 0.3) is 5.91 Å². The molecule has 0 aliphatic carbocycles. The Labute approximate surface area is 165 Å². The molecular weight excluding hydrogens is 374 g/mol. The third-order valence-corrected chi connectivity index (χ3v) is 5.48. The van der Waals surface area contributed by atoms with Crippen molar-refractivity contribution in [3.05, 3.63) is 65.9 Å². The van der Waals surface area contributed by atoms with E-state index >= 15 is 0 Å². The first kappa shape index (κ1) is 20.1. The van der Waals surface area contributed by atoms with Gasteiger partial charge in [-0.2, -0.15) is 0 Å². The molecule has 0 aliphatic rings. The average Bonchev–Trinajstić information content (AvgIpc) is 2.99. The Hall–Kier alpha value is -2.64. The third-order valence-electron chi connectivity index (χ3n) is 4.55. The number of fused-ring (bicyclic) bond motifs is 1. The van der Waals surface area contributed by atoms with E-state index in [2.05, 4.69) is 23.7 Å². The minimum absolute atomic E-state index is 0.0817. The van der Waals surface area contributed by atoms with E-state index in [4.69, 9.17) is 5.14 Å². The van der Waals surface area contributed by atoms with Crippen LogP contribution in [-0.2, 0) is 23.0 Å². The second-order valence-electron chi connectivity index (χ2n) is 7.30. The van der Waals surface area contributed by atoms with Crippen molar-refractivity contribution in [1.29, 1.82) is 0 Å². The van der Waals surface area contributed by atoms with E-state index in [9.17, 15) is 13.2 Å². The van der Waals surface area contributed by atoms with Gasteiger partial charge in [0.1, 0.15) is 0 Å². The van der Waals surface area contributed by atoms with Crippen molar-refractivity contribution in [2.24, 2.45) is 11.1 Å². The topological polar surface area (TPSA) is 94.2 Å². The van der Waals surface area contributed by atoms with Crippen LogP contribution in [0.5, 0.6) is 0 Å². The van der Waals surface area contributed by atoms with E-state index in [1.165, 1.54) is 12.1 Å². The summed E-state index contributed by atoms with van der Waals surface area (Å²) in [6.07, 6.45) is 2.52. The fourth-order valence-corrected chi connectivity index (χ4v) is 3.75. The van der Waals surface area contributed by atoms with Crippen molar-refractivity contribution in [3.8, 4) is 0 Å². The quantitative estimate of drug-likeness (QED) is 0.640. The number of para-hydroxylation sites is 1. The van der Waals surface area contributed by atoms with Crippen molar-refractivity contribution in [2.75, 3.05) is 6.54 Å². The SMILES string of the molecule is CC(C)Cn1cc(C(=O)NCCc2ccc(S(N)(=O)=O)cc2)c2ccccc21. The molecule has 28 heavy (non-hydrogen) atoms. The second-order valence-corrected chi connectivity index (χ2v) is 8.86. The van der Waals surface area contributed by atoms with Crippen molar-refractivity contribution < 1.29 is 13.2 Å². The average molecular weight is 400 g/mol. The predicted molar refractivity (Wildman–Crippen MR) is 111 cm³/mol. The molecule has 0 unspecified atom stereocenters. The Kier molecular flexibility index (Phi) is 5.86. The largest absolute Gasteiger partial charge is 0.352 e. The molecule has 0 atom stereocenters. The van der Waals surface area contributed by atoms with Crippen molar-refractivity contribution in [2.45, 2.75) is 31.7 Å². The smallest absolute Gasteiger partial charge is 0.253 e. The molecule has 7 heteroatoms. The predicted octanol–water partition coefficient (Wildman–Crippen LogP) is 2.92. The van der Waals surface area contributed by atoms with E-state index in [1.54, 1.807) is 12.1 Å². The fraction of sp³-hybridized carbons (Fsp3) is 0.286. The minimum Gasteiger partial charge on any atom is -0.352 e. The van der Waals surface area contributed by atoms with Crippen molar-refractivity contribution in [3.63, 3.8) is 0 Å². The zero-order valence-electron chi connectivity index (χ0n) is 16.1. The highest BCUT2D eigenvalue weighted by Gasteiger charge is 2.15. The maximum absolute atomic E-state index is 12.7. The number of carbonyl (C=O) groups is 1. The first-order valence-electron chi connectivity index (χ1n) is 9.23. The number of nitrogens with zero attached hydrogens (tertiary/aromatic N) is 1. The molecule has 0 aliphatic heterocycles. The normalized spacial score (nSPS) is 11.9. The molecule has 0 bridgehead atoms. The van der Waals surface area contributed by atoms with Gasteiger partial charge < -0.3 is 9.88 Å². The molecule has 3 N–H and O–H groups in total. The lowest BCUT2D eigenvalue weighted by Gasteiger charge is -2.07. The minimum atomic E-state index is -3.69. The number of carbonyl (C=O) groups excluding carboxylic acids is 1. The van der Waals surface area contributed by atoms with Gasteiger partial charge in [-0.15, -0.1) is 0 Å². The van der Waals surface area contributed by atoms with Crippen molar-refractivity contribution in [1.82, 2.24) is 9.88 Å². The Morgan fingerprint density at radius 2 is 1.79 bits per heavy atom. The van der Waals surface area contributed by atoms with Gasteiger partial charge in [0.05, 0.1) is 10.5 Å². The first-order valence-corrected chi connectivity index (χ1v) is 10.8. The highest BCUT2D eigenvalue weighted by Crippen LogP contribution is 2.22. The third kappa shape index (κ3) is 4.61. The monoisotopic (exact) mass is 399 g/mol. The standard InChI is InChI=1S/C21H25N3O3S/c1-15(2)13-24-14-19(18-5-3-4-6-20(18)24)21(25)23-12-11-16-7-9-17(10-8-16)28(22,26)27/h3-10,14-15H,11-13H2,1-2H3,(H,23,25)(H2,22,26,27). The summed E-state index contributed by atoms with van der Waals surface area (Å²) in [5.74, 6) is 0.367. The highest BCUT2D eigenvalue weighted by molar-refractivity contribution is 7.89. The Balaban J connectivity index is 1.68. The van der Waals surface area contributed by atoms with Crippen LogP contribution >= 0.6 is 0 Å². The van der Waals surface area contributed by atoms with Crippen LogP contribution in [0.4, 0.5) is 0 Å². The first-order chi connectivity index (χ1) is 13.3. The van der Waals surface area contributed by atoms with Gasteiger partial charge >= 0.3 is 0 Å². The molecular formula is C21H25N3O3S. The number of aromatic nitrogens is 1. The van der Waals surface area contributed by atoms with E-state index in [1.807, 2.05) is 30.5 Å². The summed E-state index contributed by atoms with van der Waals surface area (Å²) in [5, 5.41) is 9.00. The second kappa shape index (κ2) is 8.16. The van der Waals surface area contributed by atoms with Gasteiger partial charge in [-0.1, -0.05) is 44.2 Å². The summed E-state index contributed by atoms with van der Waals surface area (Å²) in [6, 6.07) is 14.3. The Morgan fingerprint density at radius 1 is 1.11 bits per heavy atom. The van der Waals surface area contributed by atoms with Crippen LogP contribution < -0.4 is 10.5 Å². The number of nitrogens with one attached hydrogen (secondary N) is 1. The van der Waals surface area contributed by atoms with Crippen LogP contribution in [0.15, 0.2) is 59.6 Å². The molecule has 0 saturated heterocycles. The molecule has 2 aromatic carbocycles. The lowest BCUT2D eigenvalue weighted by Crippen LogP contribution is -2.25. The van der Waals surface area contributed by atoms with Gasteiger partial charge in [-0.3, -0.25) is 4.79 Å². The number of primary sulfonamides is 1. The van der Waals surface area contributed by atoms with E-state index in [0.717, 1.165) is 23.0 Å². The van der Waals surface area contributed by atoms with Crippen LogP contribution in [0, 0.1) is 5.92 Å². The number of amides is 1. The van der Waals surface area contributed by atoms with Gasteiger partial charge in [0.15, 0.2) is 0 Å². The zero-order chi connectivity index (χ0) is 20.3. The maximum Gasteiger partial charge on any atom is 0.253 e. The van der Waals surface area contributed by atoms with Crippen LogP contribution in [-0.4, -0.2) is 25.4 Å². The number of sulfonamides is 1. The highest BCUT2D eigenvalue weighted by atomic mass is 32.2. The summed E-state index contributed by atoms with van der Waals surface area (Å²) in [5.41, 5.74) is 2.65. The van der Waals surface area contributed by atoms with Crippen LogP contribution in [0.1, 0.15) is 29.8 Å². The molecule has 0 saturated carbocycles. The maximum atomic E-state index is 12.7. The zero-order valence-corrected chi connectivity index (χ0v) is 16.9. The molecule has 3 rings (SSSR count). The van der Waals surface area contributed by atoms with Crippen LogP contribution in [0.25, 0.3) is 10.9 Å². The van der Waals surface area contributed by atoms with Crippen molar-refractivity contribution >= 4 is 26.8 Å². The fourth-order valence-electron chi connectivity index (χ4n) is 3.23. The number of hydrogen-bond acceptors (Lipinski definition) is 3. The van der Waals surface area contributed by atoms with Gasteiger partial charge in [-0.25, -0.2) is 13.6 Å². The summed E-state index contributed by atoms with van der Waals surface area (Å²) in [4.78, 5) is 12.8. The van der Waals surface area contributed by atoms with Crippen LogP contribution in [0.2, 0.25) is 0 Å². The molecule has 6 nitrogen and oxygen atoms in total. The molecule has 1 amide bonds. The van der Waals surface area contributed by atoms with Gasteiger partial charge in [0.2, 0.25) is 10.0 Å². The molecule has 0 radical (unpaired) electrons. The Morgan fingerprint density at radius 3 is 2.43 bits per heavy atom. The van der Waals surface area contributed by atoms with E-state index in [0.29, 0.717) is 24.4 Å². The van der Waals surface area contributed by atoms with E-state index < -0.39 is 10.0 Å². The summed E-state index contributed by atoms with van der Waals surface area (Å²) >= 11 is 0.